The van der Waals surface area contributed by atoms with Gasteiger partial charge in [-0.2, -0.15) is 5.10 Å². The van der Waals surface area contributed by atoms with E-state index in [9.17, 15) is 0 Å². The van der Waals surface area contributed by atoms with E-state index in [1.165, 1.54) is 16.3 Å². The number of aryl methyl sites for hydroxylation is 2. The van der Waals surface area contributed by atoms with E-state index in [-0.39, 0.29) is 0 Å². The van der Waals surface area contributed by atoms with Crippen LogP contribution in [0.1, 0.15) is 16.1 Å². The summed E-state index contributed by atoms with van der Waals surface area (Å²) in [6.07, 6.45) is 0. The summed E-state index contributed by atoms with van der Waals surface area (Å²) >= 11 is 8.81. The molecule has 0 aliphatic carbocycles. The molecule has 6 heteroatoms. The minimum atomic E-state index is 0.834. The average Bonchev–Trinajstić information content (AvgIpc) is 2.82. The molecular formula is C12H15Br2N3S. The van der Waals surface area contributed by atoms with Crippen LogP contribution in [0.2, 0.25) is 0 Å². The van der Waals surface area contributed by atoms with Crippen LogP contribution in [0.3, 0.4) is 0 Å². The molecule has 2 aromatic rings. The molecule has 0 saturated heterocycles. The van der Waals surface area contributed by atoms with Crippen molar-refractivity contribution in [1.82, 2.24) is 9.78 Å². The largest absolute Gasteiger partial charge is 0.354 e. The lowest BCUT2D eigenvalue weighted by Crippen LogP contribution is -2.19. The topological polar surface area (TPSA) is 21.1 Å². The zero-order valence-electron chi connectivity index (χ0n) is 10.6. The smallest absolute Gasteiger partial charge is 0.130 e. The maximum absolute atomic E-state index is 4.49. The second-order valence-electron chi connectivity index (χ2n) is 4.23. The Labute approximate surface area is 128 Å². The van der Waals surface area contributed by atoms with E-state index in [2.05, 4.69) is 67.3 Å². The van der Waals surface area contributed by atoms with Crippen molar-refractivity contribution >= 4 is 49.0 Å². The van der Waals surface area contributed by atoms with Crippen LogP contribution in [0.15, 0.2) is 15.9 Å². The van der Waals surface area contributed by atoms with E-state index < -0.39 is 0 Å². The van der Waals surface area contributed by atoms with Crippen molar-refractivity contribution in [3.05, 3.63) is 32.1 Å². The fourth-order valence-electron chi connectivity index (χ4n) is 2.07. The predicted molar refractivity (Wildman–Crippen MR) is 84.7 cm³/mol. The summed E-state index contributed by atoms with van der Waals surface area (Å²) in [7, 11) is 4.10. The standard InChI is InChI=1S/C12H15Br2N3S/c1-8-11(5-13)12(17(3)15-8)16(2)6-10-4-9(14)7-18-10/h4,7H,5-6H2,1-3H3. The Balaban J connectivity index is 2.25. The first-order chi connectivity index (χ1) is 8.52. The number of hydrogen-bond acceptors (Lipinski definition) is 3. The van der Waals surface area contributed by atoms with Gasteiger partial charge in [0.1, 0.15) is 5.82 Å². The van der Waals surface area contributed by atoms with E-state index >= 15 is 0 Å². The summed E-state index contributed by atoms with van der Waals surface area (Å²) in [5.41, 5.74) is 2.35. The minimum Gasteiger partial charge on any atom is -0.354 e. The Morgan fingerprint density at radius 2 is 2.22 bits per heavy atom. The van der Waals surface area contributed by atoms with Crippen LogP contribution in [0, 0.1) is 6.92 Å². The molecule has 0 radical (unpaired) electrons. The first kappa shape index (κ1) is 14.1. The summed E-state index contributed by atoms with van der Waals surface area (Å²) in [6.45, 7) is 2.95. The van der Waals surface area contributed by atoms with E-state index in [4.69, 9.17) is 0 Å². The maximum Gasteiger partial charge on any atom is 0.130 e. The van der Waals surface area contributed by atoms with Crippen molar-refractivity contribution in [2.75, 3.05) is 11.9 Å². The Kier molecular flexibility index (Phi) is 4.50. The van der Waals surface area contributed by atoms with Crippen LogP contribution in [-0.4, -0.2) is 16.8 Å². The Hall–Kier alpha value is -0.330. The van der Waals surface area contributed by atoms with Gasteiger partial charge in [-0.1, -0.05) is 15.9 Å². The van der Waals surface area contributed by atoms with Gasteiger partial charge in [-0.25, -0.2) is 0 Å². The SMILES string of the molecule is Cc1nn(C)c(N(C)Cc2cc(Br)cs2)c1CBr. The molecular weight excluding hydrogens is 378 g/mol. The third-order valence-corrected chi connectivity index (χ3v) is 5.07. The molecule has 98 valence electrons. The fourth-order valence-corrected chi connectivity index (χ4v) is 4.23. The quantitative estimate of drug-likeness (QED) is 0.730. The molecule has 0 aliphatic heterocycles. The minimum absolute atomic E-state index is 0.834. The van der Waals surface area contributed by atoms with Gasteiger partial charge < -0.3 is 4.90 Å². The van der Waals surface area contributed by atoms with Gasteiger partial charge in [0.15, 0.2) is 0 Å². The Morgan fingerprint density at radius 1 is 1.50 bits per heavy atom. The average molecular weight is 393 g/mol. The molecule has 0 fully saturated rings. The monoisotopic (exact) mass is 391 g/mol. The first-order valence-corrected chi connectivity index (χ1v) is 8.34. The lowest BCUT2D eigenvalue weighted by atomic mass is 10.2. The number of aromatic nitrogens is 2. The van der Waals surface area contributed by atoms with Gasteiger partial charge in [0, 0.05) is 39.7 Å². The second kappa shape index (κ2) is 5.75. The van der Waals surface area contributed by atoms with Crippen LogP contribution in [0.5, 0.6) is 0 Å². The normalized spacial score (nSPS) is 10.9. The fraction of sp³-hybridized carbons (Fsp3) is 0.417. The van der Waals surface area contributed by atoms with Gasteiger partial charge in [-0.15, -0.1) is 11.3 Å². The summed E-state index contributed by atoms with van der Waals surface area (Å²) in [4.78, 5) is 3.58. The molecule has 0 atom stereocenters. The molecule has 0 saturated carbocycles. The highest BCUT2D eigenvalue weighted by atomic mass is 79.9. The number of rotatable bonds is 4. The molecule has 0 bridgehead atoms. The summed E-state index contributed by atoms with van der Waals surface area (Å²) in [6, 6.07) is 2.16. The number of hydrogen-bond donors (Lipinski definition) is 0. The molecule has 3 nitrogen and oxygen atoms in total. The number of alkyl halides is 1. The summed E-state index contributed by atoms with van der Waals surface area (Å²) in [5.74, 6) is 1.17. The highest BCUT2D eigenvalue weighted by Gasteiger charge is 2.16. The number of halogens is 2. The molecule has 0 aliphatic rings. The number of anilines is 1. The van der Waals surface area contributed by atoms with Gasteiger partial charge >= 0.3 is 0 Å². The van der Waals surface area contributed by atoms with Crippen LogP contribution >= 0.6 is 43.2 Å². The summed E-state index contributed by atoms with van der Waals surface area (Å²) < 4.78 is 3.10. The molecule has 2 rings (SSSR count). The maximum atomic E-state index is 4.49. The van der Waals surface area contributed by atoms with Crippen LogP contribution < -0.4 is 4.90 Å². The highest BCUT2D eigenvalue weighted by molar-refractivity contribution is 9.10. The van der Waals surface area contributed by atoms with E-state index in [0.29, 0.717) is 0 Å². The molecule has 0 N–H and O–H groups in total. The van der Waals surface area contributed by atoms with Gasteiger partial charge in [0.2, 0.25) is 0 Å². The third-order valence-electron chi connectivity index (χ3n) is 2.82. The molecule has 18 heavy (non-hydrogen) atoms. The molecule has 0 unspecified atom stereocenters. The van der Waals surface area contributed by atoms with E-state index in [1.807, 2.05) is 11.7 Å². The molecule has 2 heterocycles. The first-order valence-electron chi connectivity index (χ1n) is 5.55. The van der Waals surface area contributed by atoms with Crippen molar-refractivity contribution in [3.63, 3.8) is 0 Å². The van der Waals surface area contributed by atoms with E-state index in [1.54, 1.807) is 11.3 Å². The zero-order valence-corrected chi connectivity index (χ0v) is 14.6. The van der Waals surface area contributed by atoms with Crippen LogP contribution in [-0.2, 0) is 18.9 Å². The zero-order chi connectivity index (χ0) is 13.3. The second-order valence-corrected chi connectivity index (χ2v) is 6.70. The summed E-state index contributed by atoms with van der Waals surface area (Å²) in [5, 5.41) is 7.44. The molecule has 0 spiro atoms. The van der Waals surface area contributed by atoms with Crippen LogP contribution in [0.4, 0.5) is 5.82 Å². The lowest BCUT2D eigenvalue weighted by molar-refractivity contribution is 0.728. The molecule has 0 aromatic carbocycles. The van der Waals surface area contributed by atoms with Gasteiger partial charge in [0.05, 0.1) is 12.2 Å². The van der Waals surface area contributed by atoms with Gasteiger partial charge in [-0.3, -0.25) is 4.68 Å². The number of thiophene rings is 1. The van der Waals surface area contributed by atoms with Crippen molar-refractivity contribution in [2.24, 2.45) is 7.05 Å². The predicted octanol–water partition coefficient (Wildman–Crippen LogP) is 4.08. The van der Waals surface area contributed by atoms with Gasteiger partial charge in [-0.05, 0) is 28.9 Å². The van der Waals surface area contributed by atoms with Crippen molar-refractivity contribution in [1.29, 1.82) is 0 Å². The Morgan fingerprint density at radius 3 is 2.78 bits per heavy atom. The van der Waals surface area contributed by atoms with E-state index in [0.717, 1.165) is 22.0 Å². The lowest BCUT2D eigenvalue weighted by Gasteiger charge is -2.19. The molecule has 2 aromatic heterocycles. The van der Waals surface area contributed by atoms with Crippen molar-refractivity contribution in [3.8, 4) is 0 Å². The van der Waals surface area contributed by atoms with Gasteiger partial charge in [0.25, 0.3) is 0 Å². The highest BCUT2D eigenvalue weighted by Crippen LogP contribution is 2.27. The Bertz CT molecular complexity index is 548. The van der Waals surface area contributed by atoms with Crippen molar-refractivity contribution < 1.29 is 0 Å². The van der Waals surface area contributed by atoms with Crippen LogP contribution in [0.25, 0.3) is 0 Å². The van der Waals surface area contributed by atoms with Crippen molar-refractivity contribution in [2.45, 2.75) is 18.8 Å². The third kappa shape index (κ3) is 2.81. The molecule has 0 amide bonds. The number of nitrogens with zero attached hydrogens (tertiary/aromatic N) is 3.